The number of carbonyl (C=O) groups is 2. The van der Waals surface area contributed by atoms with Gasteiger partial charge in [0.2, 0.25) is 5.91 Å². The lowest BCUT2D eigenvalue weighted by Crippen LogP contribution is -2.57. The zero-order chi connectivity index (χ0) is 19.3. The Bertz CT molecular complexity index is 918. The third kappa shape index (κ3) is 3.06. The monoisotopic (exact) mass is 396 g/mol. The second kappa shape index (κ2) is 6.76. The Morgan fingerprint density at radius 3 is 2.37 bits per heavy atom. The maximum absolute atomic E-state index is 14.7. The zero-order valence-electron chi connectivity index (χ0n) is 14.8. The van der Waals surface area contributed by atoms with Crippen molar-refractivity contribution < 1.29 is 18.4 Å². The first-order chi connectivity index (χ1) is 12.9. The number of aromatic nitrogens is 1. The number of carbonyl (C=O) groups excluding carboxylic acids is 2. The topological polar surface area (TPSA) is 59.7 Å². The van der Waals surface area contributed by atoms with Crippen LogP contribution in [0.1, 0.15) is 10.5 Å². The van der Waals surface area contributed by atoms with Gasteiger partial charge in [0.25, 0.3) is 5.91 Å². The Balaban J connectivity index is 1.47. The van der Waals surface area contributed by atoms with Crippen LogP contribution in [0.4, 0.5) is 8.78 Å². The lowest BCUT2D eigenvalue weighted by atomic mass is 9.99. The van der Waals surface area contributed by atoms with Crippen molar-refractivity contribution >= 4 is 34.3 Å². The van der Waals surface area contributed by atoms with E-state index < -0.39 is 17.5 Å². The largest absolute Gasteiger partial charge is 0.348 e. The quantitative estimate of drug-likeness (QED) is 0.844. The molecule has 4 rings (SSSR count). The predicted octanol–water partition coefficient (Wildman–Crippen LogP) is 1.95. The number of fused-ring (bicyclic) bond motifs is 1. The van der Waals surface area contributed by atoms with Crippen molar-refractivity contribution in [1.29, 1.82) is 0 Å². The van der Waals surface area contributed by atoms with Crippen LogP contribution in [0.3, 0.4) is 0 Å². The Morgan fingerprint density at radius 2 is 1.74 bits per heavy atom. The van der Waals surface area contributed by atoms with Crippen molar-refractivity contribution in [3.8, 4) is 0 Å². The Morgan fingerprint density at radius 1 is 1.11 bits per heavy atom. The molecule has 9 heteroatoms. The minimum Gasteiger partial charge on any atom is -0.348 e. The van der Waals surface area contributed by atoms with Crippen molar-refractivity contribution in [2.45, 2.75) is 0 Å². The van der Waals surface area contributed by atoms with E-state index in [0.29, 0.717) is 26.2 Å². The summed E-state index contributed by atoms with van der Waals surface area (Å²) in [7, 11) is 1.97. The lowest BCUT2D eigenvalue weighted by Gasteiger charge is -2.41. The number of aromatic amines is 1. The third-order valence-corrected chi connectivity index (χ3v) is 5.67. The number of likely N-dealkylation sites (tertiary alicyclic amines) is 1. The van der Waals surface area contributed by atoms with Gasteiger partial charge in [0.15, 0.2) is 5.82 Å². The Kier molecular flexibility index (Phi) is 4.55. The number of amides is 2. The van der Waals surface area contributed by atoms with Crippen LogP contribution in [0.2, 0.25) is 5.02 Å². The Hall–Kier alpha value is -2.19. The summed E-state index contributed by atoms with van der Waals surface area (Å²) >= 11 is 5.84. The van der Waals surface area contributed by atoms with Crippen molar-refractivity contribution in [3.05, 3.63) is 34.5 Å². The summed E-state index contributed by atoms with van der Waals surface area (Å²) in [6, 6.07) is 2.47. The first-order valence-electron chi connectivity index (χ1n) is 8.78. The first kappa shape index (κ1) is 18.2. The third-order valence-electron chi connectivity index (χ3n) is 5.30. The van der Waals surface area contributed by atoms with Crippen LogP contribution >= 0.6 is 11.6 Å². The number of rotatable bonds is 2. The molecule has 0 saturated carbocycles. The molecule has 1 aromatic heterocycles. The van der Waals surface area contributed by atoms with E-state index in [4.69, 9.17) is 11.6 Å². The van der Waals surface area contributed by atoms with E-state index in [2.05, 4.69) is 9.88 Å². The molecule has 1 N–H and O–H groups in total. The van der Waals surface area contributed by atoms with Gasteiger partial charge in [-0.25, -0.2) is 8.78 Å². The summed E-state index contributed by atoms with van der Waals surface area (Å²) in [5.41, 5.74) is 0.0306. The van der Waals surface area contributed by atoms with Crippen LogP contribution in [0.15, 0.2) is 12.1 Å². The smallest absolute Gasteiger partial charge is 0.273 e. The molecule has 0 aliphatic carbocycles. The number of hydrogen-bond acceptors (Lipinski definition) is 3. The number of hydrogen-bond donors (Lipinski definition) is 1. The molecule has 0 radical (unpaired) electrons. The molecule has 2 saturated heterocycles. The number of benzene rings is 1. The highest BCUT2D eigenvalue weighted by Crippen LogP contribution is 2.31. The summed E-state index contributed by atoms with van der Waals surface area (Å²) in [6.45, 7) is 3.00. The van der Waals surface area contributed by atoms with Gasteiger partial charge in [-0.15, -0.1) is 0 Å². The molecular weight excluding hydrogens is 378 g/mol. The van der Waals surface area contributed by atoms with Gasteiger partial charge in [-0.1, -0.05) is 11.6 Å². The van der Waals surface area contributed by atoms with Gasteiger partial charge >= 0.3 is 0 Å². The molecule has 1 aromatic carbocycles. The Labute approximate surface area is 159 Å². The van der Waals surface area contributed by atoms with Crippen LogP contribution in [-0.4, -0.2) is 77.8 Å². The summed E-state index contributed by atoms with van der Waals surface area (Å²) in [5.74, 6) is -1.97. The SMILES string of the molecule is CN1CC(C(=O)N2CCN(C(=O)c3[nH]c4ccc(F)c(Cl)c4c3F)CC2)C1. The van der Waals surface area contributed by atoms with Crippen LogP contribution in [0.5, 0.6) is 0 Å². The molecule has 2 aromatic rings. The van der Waals surface area contributed by atoms with Crippen molar-refractivity contribution in [2.75, 3.05) is 46.3 Å². The maximum Gasteiger partial charge on any atom is 0.273 e. The highest BCUT2D eigenvalue weighted by molar-refractivity contribution is 6.35. The molecule has 6 nitrogen and oxygen atoms in total. The van der Waals surface area contributed by atoms with E-state index in [1.165, 1.54) is 11.0 Å². The van der Waals surface area contributed by atoms with E-state index in [0.717, 1.165) is 19.2 Å². The van der Waals surface area contributed by atoms with E-state index in [9.17, 15) is 18.4 Å². The number of nitrogens with one attached hydrogen (secondary N) is 1. The standard InChI is InChI=1S/C18H19ClF2N4O2/c1-23-8-10(9-23)17(26)24-4-6-25(7-5-24)18(27)16-15(21)13-12(22-16)3-2-11(20)14(13)19/h2-3,10,22H,4-9H2,1H3. The van der Waals surface area contributed by atoms with Gasteiger partial charge in [0.1, 0.15) is 11.5 Å². The maximum atomic E-state index is 14.7. The fourth-order valence-electron chi connectivity index (χ4n) is 3.73. The number of nitrogens with zero attached hydrogens (tertiary/aromatic N) is 3. The molecule has 3 heterocycles. The summed E-state index contributed by atoms with van der Waals surface area (Å²) < 4.78 is 28.3. The van der Waals surface area contributed by atoms with Crippen LogP contribution < -0.4 is 0 Å². The van der Waals surface area contributed by atoms with Gasteiger partial charge in [-0.3, -0.25) is 9.59 Å². The number of piperazine rings is 1. The van der Waals surface area contributed by atoms with Crippen molar-refractivity contribution in [1.82, 2.24) is 19.7 Å². The molecule has 0 atom stereocenters. The van der Waals surface area contributed by atoms with Crippen molar-refractivity contribution in [3.63, 3.8) is 0 Å². The predicted molar refractivity (Wildman–Crippen MR) is 96.7 cm³/mol. The van der Waals surface area contributed by atoms with E-state index in [1.54, 1.807) is 4.90 Å². The molecule has 0 bridgehead atoms. The average Bonchev–Trinajstić information content (AvgIpc) is 2.98. The molecular formula is C18H19ClF2N4O2. The van der Waals surface area contributed by atoms with Gasteiger partial charge in [-0.05, 0) is 19.2 Å². The van der Waals surface area contributed by atoms with Gasteiger partial charge in [0.05, 0.1) is 21.8 Å². The molecule has 0 spiro atoms. The van der Waals surface area contributed by atoms with Gasteiger partial charge < -0.3 is 19.7 Å². The highest BCUT2D eigenvalue weighted by atomic mass is 35.5. The van der Waals surface area contributed by atoms with Gasteiger partial charge in [0, 0.05) is 39.3 Å². The molecule has 144 valence electrons. The van der Waals surface area contributed by atoms with Crippen LogP contribution in [0, 0.1) is 17.6 Å². The molecule has 27 heavy (non-hydrogen) atoms. The normalized spacial score (nSPS) is 18.8. The fraction of sp³-hybridized carbons (Fsp3) is 0.444. The van der Waals surface area contributed by atoms with E-state index >= 15 is 0 Å². The fourth-order valence-corrected chi connectivity index (χ4v) is 3.98. The second-order valence-corrected chi connectivity index (χ2v) is 7.51. The summed E-state index contributed by atoms with van der Waals surface area (Å²) in [4.78, 5) is 33.1. The highest BCUT2D eigenvalue weighted by Gasteiger charge is 2.35. The molecule has 2 aliphatic rings. The van der Waals surface area contributed by atoms with Crippen LogP contribution in [-0.2, 0) is 4.79 Å². The average molecular weight is 397 g/mol. The minimum absolute atomic E-state index is 0.0282. The second-order valence-electron chi connectivity index (χ2n) is 7.13. The van der Waals surface area contributed by atoms with Gasteiger partial charge in [-0.2, -0.15) is 0 Å². The van der Waals surface area contributed by atoms with Crippen molar-refractivity contribution in [2.24, 2.45) is 5.92 Å². The lowest BCUT2D eigenvalue weighted by molar-refractivity contribution is -0.141. The number of H-pyrrole nitrogens is 1. The van der Waals surface area contributed by atoms with E-state index in [-0.39, 0.29) is 33.4 Å². The van der Waals surface area contributed by atoms with E-state index in [1.807, 2.05) is 7.05 Å². The molecule has 2 amide bonds. The minimum atomic E-state index is -0.851. The first-order valence-corrected chi connectivity index (χ1v) is 9.16. The zero-order valence-corrected chi connectivity index (χ0v) is 15.5. The molecule has 0 unspecified atom stereocenters. The summed E-state index contributed by atoms with van der Waals surface area (Å²) in [5, 5.41) is -0.468. The molecule has 2 aliphatic heterocycles. The molecule has 2 fully saturated rings. The van der Waals surface area contributed by atoms with Crippen LogP contribution in [0.25, 0.3) is 10.9 Å². The summed E-state index contributed by atoms with van der Waals surface area (Å²) in [6.07, 6.45) is 0. The number of halogens is 3.